The van der Waals surface area contributed by atoms with Crippen LogP contribution >= 0.6 is 0 Å². The lowest BCUT2D eigenvalue weighted by Crippen LogP contribution is -2.29. The molecule has 4 nitrogen and oxygen atoms in total. The zero-order valence-electron chi connectivity index (χ0n) is 10.5. The Balaban J connectivity index is 2.60. The third kappa shape index (κ3) is 5.37. The van der Waals surface area contributed by atoms with Crippen LogP contribution in [0.3, 0.4) is 0 Å². The van der Waals surface area contributed by atoms with E-state index in [0.29, 0.717) is 18.7 Å². The molecule has 0 spiro atoms. The van der Waals surface area contributed by atoms with Crippen LogP contribution in [0.5, 0.6) is 0 Å². The van der Waals surface area contributed by atoms with E-state index in [2.05, 4.69) is 22.5 Å². The van der Waals surface area contributed by atoms with Gasteiger partial charge in [-0.05, 0) is 24.6 Å². The molecule has 0 aliphatic carbocycles. The maximum Gasteiger partial charge on any atom is 0.319 e. The molecule has 18 heavy (non-hydrogen) atoms. The van der Waals surface area contributed by atoms with Crippen LogP contribution < -0.4 is 10.6 Å². The molecule has 0 atom stereocenters. The second kappa shape index (κ2) is 8.15. The normalized spacial score (nSPS) is 9.22. The summed E-state index contributed by atoms with van der Waals surface area (Å²) in [5.41, 5.74) is 1.52. The fraction of sp³-hybridized carbons (Fsp3) is 0.357. The summed E-state index contributed by atoms with van der Waals surface area (Å²) in [6, 6.07) is 7.09. The van der Waals surface area contributed by atoms with Gasteiger partial charge in [0.15, 0.2) is 0 Å². The summed E-state index contributed by atoms with van der Waals surface area (Å²) in [7, 11) is 0. The second-order valence-corrected chi connectivity index (χ2v) is 3.74. The van der Waals surface area contributed by atoms with Crippen molar-refractivity contribution in [1.29, 1.82) is 0 Å². The van der Waals surface area contributed by atoms with Crippen LogP contribution in [0.2, 0.25) is 0 Å². The minimum atomic E-state index is -0.211. The Labute approximate surface area is 107 Å². The standard InChI is InChI=1S/C14H18N2O2/c1-2-9-15-14(18)16-13-8-5-7-12(11-13)6-3-4-10-17/h5,7-8,11,17H,2,4,9-10H2,1H3,(H2,15,16,18). The number of aliphatic hydroxyl groups excluding tert-OH is 1. The van der Waals surface area contributed by atoms with E-state index < -0.39 is 0 Å². The van der Waals surface area contributed by atoms with E-state index in [1.165, 1.54) is 0 Å². The molecule has 1 rings (SSSR count). The summed E-state index contributed by atoms with van der Waals surface area (Å²) < 4.78 is 0. The Hall–Kier alpha value is -1.99. The lowest BCUT2D eigenvalue weighted by molar-refractivity contribution is 0.252. The number of anilines is 1. The van der Waals surface area contributed by atoms with E-state index in [9.17, 15) is 4.79 Å². The summed E-state index contributed by atoms with van der Waals surface area (Å²) in [4.78, 5) is 11.5. The first-order valence-corrected chi connectivity index (χ1v) is 6.01. The predicted octanol–water partition coefficient (Wildman–Crippen LogP) is 1.95. The molecule has 0 aliphatic rings. The number of carbonyl (C=O) groups is 1. The molecule has 0 saturated carbocycles. The number of benzene rings is 1. The Morgan fingerprint density at radius 1 is 1.44 bits per heavy atom. The Bertz CT molecular complexity index is 447. The van der Waals surface area contributed by atoms with Crippen molar-refractivity contribution in [3.05, 3.63) is 29.8 Å². The average molecular weight is 246 g/mol. The Morgan fingerprint density at radius 3 is 3.00 bits per heavy atom. The number of amides is 2. The number of aliphatic hydroxyl groups is 1. The highest BCUT2D eigenvalue weighted by Gasteiger charge is 2.00. The summed E-state index contributed by atoms with van der Waals surface area (Å²) in [6.45, 7) is 2.71. The highest BCUT2D eigenvalue weighted by Crippen LogP contribution is 2.09. The molecule has 4 heteroatoms. The van der Waals surface area contributed by atoms with Gasteiger partial charge >= 0.3 is 6.03 Å². The minimum absolute atomic E-state index is 0.0599. The van der Waals surface area contributed by atoms with E-state index in [4.69, 9.17) is 5.11 Å². The zero-order chi connectivity index (χ0) is 13.2. The van der Waals surface area contributed by atoms with Crippen molar-refractivity contribution in [2.75, 3.05) is 18.5 Å². The van der Waals surface area contributed by atoms with E-state index >= 15 is 0 Å². The quantitative estimate of drug-likeness (QED) is 0.711. The van der Waals surface area contributed by atoms with E-state index in [1.54, 1.807) is 6.07 Å². The van der Waals surface area contributed by atoms with E-state index in [-0.39, 0.29) is 12.6 Å². The predicted molar refractivity (Wildman–Crippen MR) is 72.3 cm³/mol. The van der Waals surface area contributed by atoms with Gasteiger partial charge in [-0.3, -0.25) is 0 Å². The van der Waals surface area contributed by atoms with Gasteiger partial charge in [-0.2, -0.15) is 0 Å². The first kappa shape index (κ1) is 14.1. The molecular weight excluding hydrogens is 228 g/mol. The smallest absolute Gasteiger partial charge is 0.319 e. The second-order valence-electron chi connectivity index (χ2n) is 3.74. The number of nitrogens with one attached hydrogen (secondary N) is 2. The first-order chi connectivity index (χ1) is 8.76. The van der Waals surface area contributed by atoms with Crippen LogP contribution in [0.1, 0.15) is 25.3 Å². The average Bonchev–Trinajstić information content (AvgIpc) is 2.37. The molecule has 0 heterocycles. The van der Waals surface area contributed by atoms with Gasteiger partial charge in [-0.15, -0.1) is 0 Å². The van der Waals surface area contributed by atoms with Crippen molar-refractivity contribution in [1.82, 2.24) is 5.32 Å². The van der Waals surface area contributed by atoms with Crippen LogP contribution in [0.15, 0.2) is 24.3 Å². The largest absolute Gasteiger partial charge is 0.395 e. The molecule has 3 N–H and O–H groups in total. The van der Waals surface area contributed by atoms with Crippen molar-refractivity contribution in [3.63, 3.8) is 0 Å². The molecule has 0 unspecified atom stereocenters. The third-order valence-corrected chi connectivity index (χ3v) is 2.13. The Kier molecular flexibility index (Phi) is 6.37. The van der Waals surface area contributed by atoms with E-state index in [1.807, 2.05) is 25.1 Å². The Morgan fingerprint density at radius 2 is 2.28 bits per heavy atom. The van der Waals surface area contributed by atoms with Crippen LogP contribution in [0, 0.1) is 11.8 Å². The fourth-order valence-corrected chi connectivity index (χ4v) is 1.31. The number of hydrogen-bond acceptors (Lipinski definition) is 2. The number of carbonyl (C=O) groups excluding carboxylic acids is 1. The highest BCUT2D eigenvalue weighted by atomic mass is 16.2. The number of rotatable bonds is 4. The topological polar surface area (TPSA) is 61.4 Å². The van der Waals surface area contributed by atoms with Crippen LogP contribution in [-0.2, 0) is 0 Å². The highest BCUT2D eigenvalue weighted by molar-refractivity contribution is 5.89. The van der Waals surface area contributed by atoms with Gasteiger partial charge in [0, 0.05) is 24.2 Å². The molecule has 0 saturated heterocycles. The van der Waals surface area contributed by atoms with Gasteiger partial charge in [-0.25, -0.2) is 4.79 Å². The third-order valence-electron chi connectivity index (χ3n) is 2.13. The maximum absolute atomic E-state index is 11.5. The molecule has 0 bridgehead atoms. The summed E-state index contributed by atoms with van der Waals surface area (Å²) in [6.07, 6.45) is 1.36. The van der Waals surface area contributed by atoms with Gasteiger partial charge < -0.3 is 15.7 Å². The lowest BCUT2D eigenvalue weighted by atomic mass is 10.2. The summed E-state index contributed by atoms with van der Waals surface area (Å²) in [5.74, 6) is 5.76. The van der Waals surface area contributed by atoms with Crippen molar-refractivity contribution in [2.45, 2.75) is 19.8 Å². The molecular formula is C14H18N2O2. The molecule has 0 radical (unpaired) electrons. The summed E-state index contributed by atoms with van der Waals surface area (Å²) >= 11 is 0. The molecule has 1 aromatic carbocycles. The van der Waals surface area contributed by atoms with Crippen LogP contribution in [0.25, 0.3) is 0 Å². The fourth-order valence-electron chi connectivity index (χ4n) is 1.31. The van der Waals surface area contributed by atoms with Crippen molar-refractivity contribution in [3.8, 4) is 11.8 Å². The molecule has 0 fully saturated rings. The SMILES string of the molecule is CCCNC(=O)Nc1cccc(C#CCCO)c1. The van der Waals surface area contributed by atoms with E-state index in [0.717, 1.165) is 12.0 Å². The minimum Gasteiger partial charge on any atom is -0.395 e. The lowest BCUT2D eigenvalue weighted by Gasteiger charge is -2.06. The number of urea groups is 1. The molecule has 2 amide bonds. The van der Waals surface area contributed by atoms with Crippen molar-refractivity contribution in [2.24, 2.45) is 0 Å². The monoisotopic (exact) mass is 246 g/mol. The molecule has 0 aromatic heterocycles. The van der Waals surface area contributed by atoms with Gasteiger partial charge in [0.05, 0.1) is 6.61 Å². The van der Waals surface area contributed by atoms with Crippen molar-refractivity contribution >= 4 is 11.7 Å². The van der Waals surface area contributed by atoms with Crippen LogP contribution in [0.4, 0.5) is 10.5 Å². The van der Waals surface area contributed by atoms with Gasteiger partial charge in [0.25, 0.3) is 0 Å². The molecule has 1 aromatic rings. The van der Waals surface area contributed by atoms with Gasteiger partial charge in [0.2, 0.25) is 0 Å². The maximum atomic E-state index is 11.5. The number of hydrogen-bond donors (Lipinski definition) is 3. The van der Waals surface area contributed by atoms with Gasteiger partial charge in [0.1, 0.15) is 0 Å². The molecule has 96 valence electrons. The van der Waals surface area contributed by atoms with Crippen LogP contribution in [-0.4, -0.2) is 24.3 Å². The van der Waals surface area contributed by atoms with Crippen molar-refractivity contribution < 1.29 is 9.90 Å². The van der Waals surface area contributed by atoms with Gasteiger partial charge in [-0.1, -0.05) is 24.8 Å². The first-order valence-electron chi connectivity index (χ1n) is 6.01. The zero-order valence-corrected chi connectivity index (χ0v) is 10.5. The summed E-state index contributed by atoms with van der Waals surface area (Å²) in [5, 5.41) is 14.1. The molecule has 0 aliphatic heterocycles.